The first-order valence-electron chi connectivity index (χ1n) is 5.73. The lowest BCUT2D eigenvalue weighted by molar-refractivity contribution is 0.570. The second kappa shape index (κ2) is 4.96. The summed E-state index contributed by atoms with van der Waals surface area (Å²) in [4.78, 5) is 0.343. The predicted molar refractivity (Wildman–Crippen MR) is 69.0 cm³/mol. The molecule has 0 spiro atoms. The maximum Gasteiger partial charge on any atom is 0.240 e. The Kier molecular flexibility index (Phi) is 3.76. The van der Waals surface area contributed by atoms with Crippen LogP contribution in [0.1, 0.15) is 24.5 Å². The average Bonchev–Trinajstić information content (AvgIpc) is 2.75. The van der Waals surface area contributed by atoms with Crippen molar-refractivity contribution < 1.29 is 8.42 Å². The van der Waals surface area contributed by atoms with E-state index in [2.05, 4.69) is 4.72 Å². The van der Waals surface area contributed by atoms with E-state index in [1.165, 1.54) is 5.56 Å². The molecule has 17 heavy (non-hydrogen) atoms. The number of sulfonamides is 1. The number of alkyl halides is 1. The zero-order valence-corrected chi connectivity index (χ0v) is 11.3. The highest BCUT2D eigenvalue weighted by atomic mass is 35.5. The Morgan fingerprint density at radius 2 is 2.06 bits per heavy atom. The van der Waals surface area contributed by atoms with Crippen LogP contribution >= 0.6 is 11.6 Å². The van der Waals surface area contributed by atoms with Gasteiger partial charge in [-0.05, 0) is 49.4 Å². The third-order valence-electron chi connectivity index (χ3n) is 2.97. The van der Waals surface area contributed by atoms with Crippen molar-refractivity contribution in [1.29, 1.82) is 0 Å². The number of nitrogens with one attached hydrogen (secondary N) is 1. The zero-order chi connectivity index (χ0) is 12.5. The molecule has 0 aromatic heterocycles. The summed E-state index contributed by atoms with van der Waals surface area (Å²) < 4.78 is 26.6. The highest BCUT2D eigenvalue weighted by molar-refractivity contribution is 7.89. The monoisotopic (exact) mass is 273 g/mol. The molecule has 3 nitrogen and oxygen atoms in total. The van der Waals surface area contributed by atoms with Gasteiger partial charge in [0, 0.05) is 11.9 Å². The number of halogens is 1. The van der Waals surface area contributed by atoms with Crippen LogP contribution in [0.5, 0.6) is 0 Å². The van der Waals surface area contributed by atoms with E-state index in [9.17, 15) is 8.42 Å². The van der Waals surface area contributed by atoms with E-state index in [4.69, 9.17) is 11.6 Å². The van der Waals surface area contributed by atoms with Crippen LogP contribution in [0.3, 0.4) is 0 Å². The minimum absolute atomic E-state index is 0.255. The van der Waals surface area contributed by atoms with Crippen molar-refractivity contribution in [2.45, 2.75) is 37.1 Å². The number of rotatable bonds is 4. The summed E-state index contributed by atoms with van der Waals surface area (Å²) in [5.41, 5.74) is 2.43. The average molecular weight is 274 g/mol. The number of aryl methyl sites for hydroxylation is 2. The molecule has 1 aliphatic rings. The highest BCUT2D eigenvalue weighted by Crippen LogP contribution is 2.24. The van der Waals surface area contributed by atoms with E-state index in [1.807, 2.05) is 6.07 Å². The number of benzene rings is 1. The van der Waals surface area contributed by atoms with Gasteiger partial charge in [-0.15, -0.1) is 11.6 Å². The minimum Gasteiger partial charge on any atom is -0.207 e. The molecule has 0 saturated heterocycles. The molecule has 94 valence electrons. The smallest absolute Gasteiger partial charge is 0.207 e. The second-order valence-corrected chi connectivity index (χ2v) is 6.48. The van der Waals surface area contributed by atoms with Crippen molar-refractivity contribution in [3.63, 3.8) is 0 Å². The first-order valence-corrected chi connectivity index (χ1v) is 7.75. The third kappa shape index (κ3) is 2.81. The molecule has 2 rings (SSSR count). The molecule has 5 heteroatoms. The van der Waals surface area contributed by atoms with Crippen molar-refractivity contribution in [3.8, 4) is 0 Å². The molecule has 0 heterocycles. The van der Waals surface area contributed by atoms with Gasteiger partial charge in [0.25, 0.3) is 0 Å². The van der Waals surface area contributed by atoms with Crippen molar-refractivity contribution in [1.82, 2.24) is 4.72 Å². The predicted octanol–water partition coefficient (Wildman–Crippen LogP) is 2.08. The fourth-order valence-electron chi connectivity index (χ4n) is 2.08. The van der Waals surface area contributed by atoms with Gasteiger partial charge in [0.05, 0.1) is 4.90 Å². The summed E-state index contributed by atoms with van der Waals surface area (Å²) in [7, 11) is -3.43. The Hall–Kier alpha value is -0.580. The van der Waals surface area contributed by atoms with Crippen LogP contribution in [0.2, 0.25) is 0 Å². The molecule has 1 N–H and O–H groups in total. The summed E-state index contributed by atoms with van der Waals surface area (Å²) in [6, 6.07) is 5.12. The van der Waals surface area contributed by atoms with Gasteiger partial charge in [0.15, 0.2) is 0 Å². The lowest BCUT2D eigenvalue weighted by Gasteiger charge is -2.12. The van der Waals surface area contributed by atoms with Gasteiger partial charge in [0.2, 0.25) is 10.0 Å². The number of hydrogen-bond donors (Lipinski definition) is 1. The van der Waals surface area contributed by atoms with E-state index < -0.39 is 10.0 Å². The maximum absolute atomic E-state index is 12.0. The summed E-state index contributed by atoms with van der Waals surface area (Å²) in [5.74, 6) is 0.268. The van der Waals surface area contributed by atoms with Gasteiger partial charge < -0.3 is 0 Å². The fraction of sp³-hybridized carbons (Fsp3) is 0.500. The van der Waals surface area contributed by atoms with Gasteiger partial charge in [-0.3, -0.25) is 0 Å². The summed E-state index contributed by atoms with van der Waals surface area (Å²) in [6.45, 7) is 1.75. The Balaban J connectivity index is 2.28. The standard InChI is InChI=1S/C12H16ClNO2S/c1-9(8-13)14-17(15,16)12-6-5-10-3-2-4-11(10)7-12/h5-7,9,14H,2-4,8H2,1H3. The molecular weight excluding hydrogens is 258 g/mol. The highest BCUT2D eigenvalue weighted by Gasteiger charge is 2.19. The van der Waals surface area contributed by atoms with Crippen LogP contribution in [0.25, 0.3) is 0 Å². The summed E-state index contributed by atoms with van der Waals surface area (Å²) in [5, 5.41) is 0. The van der Waals surface area contributed by atoms with E-state index in [-0.39, 0.29) is 11.9 Å². The van der Waals surface area contributed by atoms with Crippen LogP contribution < -0.4 is 4.72 Å². The lowest BCUT2D eigenvalue weighted by Crippen LogP contribution is -2.33. The Morgan fingerprint density at radius 3 is 2.76 bits per heavy atom. The van der Waals surface area contributed by atoms with E-state index in [0.29, 0.717) is 4.90 Å². The van der Waals surface area contributed by atoms with Crippen LogP contribution in [-0.2, 0) is 22.9 Å². The van der Waals surface area contributed by atoms with Crippen molar-refractivity contribution in [2.24, 2.45) is 0 Å². The number of fused-ring (bicyclic) bond motifs is 1. The maximum atomic E-state index is 12.0. The second-order valence-electron chi connectivity index (χ2n) is 4.46. The molecular formula is C12H16ClNO2S. The van der Waals surface area contributed by atoms with Crippen LogP contribution in [-0.4, -0.2) is 20.3 Å². The summed E-state index contributed by atoms with van der Waals surface area (Å²) >= 11 is 5.61. The topological polar surface area (TPSA) is 46.2 Å². The first kappa shape index (κ1) is 12.9. The fourth-order valence-corrected chi connectivity index (χ4v) is 3.54. The Bertz CT molecular complexity index is 513. The van der Waals surface area contributed by atoms with Crippen LogP contribution in [0.4, 0.5) is 0 Å². The molecule has 0 amide bonds. The van der Waals surface area contributed by atoms with Crippen LogP contribution in [0.15, 0.2) is 23.1 Å². The summed E-state index contributed by atoms with van der Waals surface area (Å²) in [6.07, 6.45) is 3.15. The molecule has 1 unspecified atom stereocenters. The Labute approximate surface area is 107 Å². The Morgan fingerprint density at radius 1 is 1.35 bits per heavy atom. The van der Waals surface area contributed by atoms with Crippen molar-refractivity contribution >= 4 is 21.6 Å². The van der Waals surface area contributed by atoms with Crippen molar-refractivity contribution in [3.05, 3.63) is 29.3 Å². The SMILES string of the molecule is CC(CCl)NS(=O)(=O)c1ccc2c(c1)CCC2. The number of hydrogen-bond acceptors (Lipinski definition) is 2. The molecule has 1 aromatic rings. The molecule has 0 radical (unpaired) electrons. The molecule has 0 fully saturated rings. The third-order valence-corrected chi connectivity index (χ3v) is 5.02. The minimum atomic E-state index is -3.43. The van der Waals surface area contributed by atoms with Gasteiger partial charge >= 0.3 is 0 Å². The van der Waals surface area contributed by atoms with Crippen LogP contribution in [0, 0.1) is 0 Å². The quantitative estimate of drug-likeness (QED) is 0.854. The molecule has 1 aliphatic carbocycles. The zero-order valence-electron chi connectivity index (χ0n) is 9.74. The first-order chi connectivity index (χ1) is 8.03. The lowest BCUT2D eigenvalue weighted by atomic mass is 10.1. The largest absolute Gasteiger partial charge is 0.240 e. The van der Waals surface area contributed by atoms with E-state index in [1.54, 1.807) is 19.1 Å². The molecule has 0 saturated carbocycles. The molecule has 0 bridgehead atoms. The van der Waals surface area contributed by atoms with Gasteiger partial charge in [-0.25, -0.2) is 13.1 Å². The normalized spacial score (nSPS) is 16.8. The molecule has 1 atom stereocenters. The van der Waals surface area contributed by atoms with Gasteiger partial charge in [-0.1, -0.05) is 6.07 Å². The van der Waals surface area contributed by atoms with E-state index in [0.717, 1.165) is 24.8 Å². The van der Waals surface area contributed by atoms with Gasteiger partial charge in [0.1, 0.15) is 0 Å². The van der Waals surface area contributed by atoms with E-state index >= 15 is 0 Å². The molecule has 0 aliphatic heterocycles. The van der Waals surface area contributed by atoms with Gasteiger partial charge in [-0.2, -0.15) is 0 Å². The molecule has 1 aromatic carbocycles. The van der Waals surface area contributed by atoms with Crippen molar-refractivity contribution in [2.75, 3.05) is 5.88 Å².